The summed E-state index contributed by atoms with van der Waals surface area (Å²) in [4.78, 5) is 41.1. The first-order valence-electron chi connectivity index (χ1n) is 8.89. The lowest BCUT2D eigenvalue weighted by Crippen LogP contribution is -2.72. The molecule has 2 saturated heterocycles. The number of likely N-dealkylation sites (N-methyl/N-ethyl adjacent to an activating group) is 1. The number of hydrogen-bond acceptors (Lipinski definition) is 5. The van der Waals surface area contributed by atoms with Crippen LogP contribution < -0.4 is 5.32 Å². The van der Waals surface area contributed by atoms with Gasteiger partial charge in [0, 0.05) is 19.0 Å². The molecule has 1 aliphatic carbocycles. The zero-order valence-corrected chi connectivity index (χ0v) is 15.4. The number of carbonyl (C=O) groups is 3. The van der Waals surface area contributed by atoms with Crippen LogP contribution in [0.1, 0.15) is 46.5 Å². The number of fused-ring (bicyclic) bond motifs is 2. The van der Waals surface area contributed by atoms with Crippen LogP contribution in [0, 0.1) is 22.2 Å². The Morgan fingerprint density at radius 2 is 1.96 bits per heavy atom. The second-order valence-corrected chi connectivity index (χ2v) is 8.26. The van der Waals surface area contributed by atoms with Crippen molar-refractivity contribution in [1.29, 1.82) is 5.26 Å². The van der Waals surface area contributed by atoms with E-state index >= 15 is 0 Å². The van der Waals surface area contributed by atoms with Crippen molar-refractivity contribution in [3.8, 4) is 6.07 Å². The van der Waals surface area contributed by atoms with Gasteiger partial charge in [0.05, 0.1) is 18.0 Å². The summed E-state index contributed by atoms with van der Waals surface area (Å²) in [5.41, 5.74) is -2.16. The lowest BCUT2D eigenvalue weighted by atomic mass is 9.59. The van der Waals surface area contributed by atoms with E-state index in [4.69, 9.17) is 5.26 Å². The molecular formula is C18H26N4O3. The van der Waals surface area contributed by atoms with Crippen LogP contribution >= 0.6 is 0 Å². The topological polar surface area (TPSA) is 93.5 Å². The third-order valence-electron chi connectivity index (χ3n) is 7.16. The van der Waals surface area contributed by atoms with Crippen LogP contribution in [-0.4, -0.2) is 59.2 Å². The van der Waals surface area contributed by atoms with Crippen molar-refractivity contribution in [3.05, 3.63) is 0 Å². The molecule has 3 atom stereocenters. The molecule has 1 saturated carbocycles. The van der Waals surface area contributed by atoms with Crippen molar-refractivity contribution in [3.63, 3.8) is 0 Å². The lowest BCUT2D eigenvalue weighted by molar-refractivity contribution is -0.170. The highest BCUT2D eigenvalue weighted by atomic mass is 16.2. The Morgan fingerprint density at radius 1 is 1.28 bits per heavy atom. The molecule has 3 aliphatic rings. The van der Waals surface area contributed by atoms with Gasteiger partial charge in [0.1, 0.15) is 11.6 Å². The second-order valence-electron chi connectivity index (χ2n) is 8.26. The quantitative estimate of drug-likeness (QED) is 0.758. The fourth-order valence-corrected chi connectivity index (χ4v) is 4.94. The van der Waals surface area contributed by atoms with Crippen LogP contribution in [0.2, 0.25) is 0 Å². The molecule has 3 amide bonds. The highest BCUT2D eigenvalue weighted by molar-refractivity contribution is 6.07. The Kier molecular flexibility index (Phi) is 3.95. The summed E-state index contributed by atoms with van der Waals surface area (Å²) in [5, 5.41) is 12.4. The molecule has 7 heteroatoms. The standard InChI is InChI=1S/C18H26N4O3/c1-16(2)17(3)7-8-18(16,15(25)21(4)14(17)24)20-11-13(23)22-9-5-6-12(22)10-19/h12,20H,5-9,11H2,1-4H3/t12?,17-,18-/m0/s1. The fourth-order valence-electron chi connectivity index (χ4n) is 4.94. The highest BCUT2D eigenvalue weighted by Crippen LogP contribution is 2.61. The van der Waals surface area contributed by atoms with Gasteiger partial charge in [0.25, 0.3) is 0 Å². The molecule has 0 spiro atoms. The minimum absolute atomic E-state index is 0.00542. The van der Waals surface area contributed by atoms with Crippen molar-refractivity contribution in [2.24, 2.45) is 10.8 Å². The number of carbonyl (C=O) groups excluding carboxylic acids is 3. The van der Waals surface area contributed by atoms with Crippen molar-refractivity contribution in [2.75, 3.05) is 20.1 Å². The Labute approximate surface area is 148 Å². The molecule has 0 aromatic carbocycles. The molecule has 3 rings (SSSR count). The van der Waals surface area contributed by atoms with Gasteiger partial charge in [-0.25, -0.2) is 0 Å². The molecule has 1 N–H and O–H groups in total. The van der Waals surface area contributed by atoms with Gasteiger partial charge in [-0.3, -0.25) is 24.6 Å². The maximum Gasteiger partial charge on any atom is 0.249 e. The lowest BCUT2D eigenvalue weighted by Gasteiger charge is -2.53. The summed E-state index contributed by atoms with van der Waals surface area (Å²) in [6.45, 7) is 6.38. The summed E-state index contributed by atoms with van der Waals surface area (Å²) in [7, 11) is 1.52. The number of likely N-dealkylation sites (tertiary alicyclic amines) is 2. The van der Waals surface area contributed by atoms with Crippen LogP contribution in [-0.2, 0) is 14.4 Å². The van der Waals surface area contributed by atoms with Gasteiger partial charge < -0.3 is 4.90 Å². The van der Waals surface area contributed by atoms with E-state index in [1.165, 1.54) is 11.9 Å². The third kappa shape index (κ3) is 2.10. The van der Waals surface area contributed by atoms with E-state index in [1.54, 1.807) is 4.90 Å². The molecule has 7 nitrogen and oxygen atoms in total. The average Bonchev–Trinajstić information content (AvgIpc) is 3.12. The zero-order valence-electron chi connectivity index (χ0n) is 15.4. The largest absolute Gasteiger partial charge is 0.326 e. The predicted octanol–water partition coefficient (Wildman–Crippen LogP) is 0.654. The van der Waals surface area contributed by atoms with Gasteiger partial charge in [-0.1, -0.05) is 20.8 Å². The van der Waals surface area contributed by atoms with Crippen molar-refractivity contribution >= 4 is 17.7 Å². The summed E-state index contributed by atoms with van der Waals surface area (Å²) < 4.78 is 0. The van der Waals surface area contributed by atoms with E-state index in [-0.39, 0.29) is 30.3 Å². The molecule has 2 bridgehead atoms. The summed E-state index contributed by atoms with van der Waals surface area (Å²) in [5.74, 6) is -0.563. The third-order valence-corrected chi connectivity index (χ3v) is 7.16. The second kappa shape index (κ2) is 5.53. The normalized spacial score (nSPS) is 36.7. The highest BCUT2D eigenvalue weighted by Gasteiger charge is 2.71. The van der Waals surface area contributed by atoms with Crippen LogP contribution in [0.4, 0.5) is 0 Å². The van der Waals surface area contributed by atoms with Crippen LogP contribution in [0.3, 0.4) is 0 Å². The number of piperidine rings is 1. The first-order chi connectivity index (χ1) is 11.6. The summed E-state index contributed by atoms with van der Waals surface area (Å²) >= 11 is 0. The zero-order chi connectivity index (χ0) is 18.6. The van der Waals surface area contributed by atoms with Crippen molar-refractivity contribution in [2.45, 2.75) is 58.0 Å². The molecule has 25 heavy (non-hydrogen) atoms. The fraction of sp³-hybridized carbons (Fsp3) is 0.778. The molecule has 0 radical (unpaired) electrons. The van der Waals surface area contributed by atoms with E-state index < -0.39 is 16.4 Å². The minimum Gasteiger partial charge on any atom is -0.326 e. The number of amides is 3. The molecule has 2 heterocycles. The first kappa shape index (κ1) is 17.9. The van der Waals surface area contributed by atoms with Gasteiger partial charge >= 0.3 is 0 Å². The monoisotopic (exact) mass is 346 g/mol. The number of hydrogen-bond donors (Lipinski definition) is 1. The minimum atomic E-state index is -0.929. The van der Waals surface area contributed by atoms with E-state index in [2.05, 4.69) is 11.4 Å². The predicted molar refractivity (Wildman–Crippen MR) is 90.0 cm³/mol. The maximum atomic E-state index is 13.0. The molecule has 0 aromatic rings. The summed E-state index contributed by atoms with van der Waals surface area (Å²) in [6.07, 6.45) is 2.67. The Hall–Kier alpha value is -1.94. The number of nitrogens with zero attached hydrogens (tertiary/aromatic N) is 3. The average molecular weight is 346 g/mol. The smallest absolute Gasteiger partial charge is 0.249 e. The summed E-state index contributed by atoms with van der Waals surface area (Å²) in [6, 6.07) is 1.79. The Morgan fingerprint density at radius 3 is 2.60 bits per heavy atom. The molecule has 3 fully saturated rings. The maximum absolute atomic E-state index is 13.0. The van der Waals surface area contributed by atoms with E-state index in [9.17, 15) is 14.4 Å². The molecule has 2 aliphatic heterocycles. The number of nitrogens with one attached hydrogen (secondary N) is 1. The SMILES string of the molecule is CN1C(=O)[C@]2(C)CC[C@](NCC(=O)N3CCCC3C#N)(C1=O)C2(C)C. The van der Waals surface area contributed by atoms with E-state index in [0.717, 1.165) is 6.42 Å². The molecule has 1 unspecified atom stereocenters. The van der Waals surface area contributed by atoms with Gasteiger partial charge in [0.15, 0.2) is 0 Å². The number of imide groups is 1. The van der Waals surface area contributed by atoms with Crippen LogP contribution in [0.5, 0.6) is 0 Å². The molecule has 0 aromatic heterocycles. The van der Waals surface area contributed by atoms with Gasteiger partial charge in [-0.2, -0.15) is 5.26 Å². The van der Waals surface area contributed by atoms with E-state index in [1.807, 2.05) is 20.8 Å². The van der Waals surface area contributed by atoms with Crippen molar-refractivity contribution < 1.29 is 14.4 Å². The van der Waals surface area contributed by atoms with Crippen molar-refractivity contribution in [1.82, 2.24) is 15.1 Å². The Balaban J connectivity index is 1.84. The first-order valence-corrected chi connectivity index (χ1v) is 8.89. The van der Waals surface area contributed by atoms with Gasteiger partial charge in [-0.15, -0.1) is 0 Å². The molecular weight excluding hydrogens is 320 g/mol. The molecule has 136 valence electrons. The number of nitriles is 1. The Bertz CT molecular complexity index is 682. The van der Waals surface area contributed by atoms with Crippen LogP contribution in [0.25, 0.3) is 0 Å². The van der Waals surface area contributed by atoms with Gasteiger partial charge in [-0.05, 0) is 25.7 Å². The van der Waals surface area contributed by atoms with Gasteiger partial charge in [0.2, 0.25) is 17.7 Å². The van der Waals surface area contributed by atoms with Crippen LogP contribution in [0.15, 0.2) is 0 Å². The van der Waals surface area contributed by atoms with E-state index in [0.29, 0.717) is 25.8 Å². The number of rotatable bonds is 3.